The Morgan fingerprint density at radius 1 is 1.15 bits per heavy atom. The van der Waals surface area contributed by atoms with Gasteiger partial charge < -0.3 is 14.2 Å². The van der Waals surface area contributed by atoms with Crippen molar-refractivity contribution in [3.8, 4) is 11.5 Å². The Kier molecular flexibility index (Phi) is 7.33. The summed E-state index contributed by atoms with van der Waals surface area (Å²) >= 11 is 8.26. The van der Waals surface area contributed by atoms with Crippen LogP contribution in [0.2, 0.25) is 5.02 Å². The first kappa shape index (κ1) is 24.0. The average molecular weight is 588 g/mol. The van der Waals surface area contributed by atoms with E-state index in [0.717, 1.165) is 5.56 Å². The van der Waals surface area contributed by atoms with Crippen molar-refractivity contribution in [1.29, 1.82) is 0 Å². The van der Waals surface area contributed by atoms with Crippen molar-refractivity contribution in [2.24, 2.45) is 4.99 Å². The number of nitrogens with zero attached hydrogens (tertiary/aromatic N) is 1. The standard InChI is InChI=1S/C26H19ClINO5/c1-3-32-22-14-16(12-20(28)23(22)33-25(30)17-8-6-7-15(2)11-17)13-21-26(31)34-24(29-21)18-9-4-5-10-19(18)27/h4-14H,3H2,1-2H3/b21-13-. The first-order valence-electron chi connectivity index (χ1n) is 10.4. The van der Waals surface area contributed by atoms with Crippen LogP contribution in [0.25, 0.3) is 6.08 Å². The number of benzene rings is 3. The zero-order chi connectivity index (χ0) is 24.2. The van der Waals surface area contributed by atoms with E-state index in [0.29, 0.717) is 43.4 Å². The molecule has 6 nitrogen and oxygen atoms in total. The Labute approximate surface area is 215 Å². The number of hydrogen-bond acceptors (Lipinski definition) is 6. The van der Waals surface area contributed by atoms with Crippen LogP contribution < -0.4 is 9.47 Å². The van der Waals surface area contributed by atoms with Gasteiger partial charge in [0, 0.05) is 0 Å². The third-order valence-corrected chi connectivity index (χ3v) is 5.94. The lowest BCUT2D eigenvalue weighted by atomic mass is 10.1. The molecule has 1 aliphatic rings. The van der Waals surface area contributed by atoms with Crippen molar-refractivity contribution < 1.29 is 23.8 Å². The summed E-state index contributed by atoms with van der Waals surface area (Å²) in [6.45, 7) is 4.10. The molecule has 0 saturated carbocycles. The summed E-state index contributed by atoms with van der Waals surface area (Å²) in [5.74, 6) is -0.237. The number of hydrogen-bond donors (Lipinski definition) is 0. The van der Waals surface area contributed by atoms with Crippen LogP contribution in [0.4, 0.5) is 0 Å². The van der Waals surface area contributed by atoms with Gasteiger partial charge in [0.25, 0.3) is 0 Å². The van der Waals surface area contributed by atoms with Crippen LogP contribution in [0.15, 0.2) is 71.4 Å². The molecule has 0 amide bonds. The summed E-state index contributed by atoms with van der Waals surface area (Å²) in [5.41, 5.74) is 2.69. The fraction of sp³-hybridized carbons (Fsp3) is 0.115. The number of carbonyl (C=O) groups excluding carboxylic acids is 2. The van der Waals surface area contributed by atoms with Crippen LogP contribution in [0.5, 0.6) is 11.5 Å². The van der Waals surface area contributed by atoms with Crippen LogP contribution in [-0.2, 0) is 9.53 Å². The highest BCUT2D eigenvalue weighted by Gasteiger charge is 2.26. The fourth-order valence-electron chi connectivity index (χ4n) is 3.27. The van der Waals surface area contributed by atoms with Gasteiger partial charge in [-0.05, 0) is 84.5 Å². The lowest BCUT2D eigenvalue weighted by Crippen LogP contribution is -2.11. The number of cyclic esters (lactones) is 1. The van der Waals surface area contributed by atoms with Crippen molar-refractivity contribution in [3.05, 3.63) is 97.2 Å². The van der Waals surface area contributed by atoms with E-state index in [1.54, 1.807) is 60.7 Å². The van der Waals surface area contributed by atoms with Gasteiger partial charge in [-0.25, -0.2) is 14.6 Å². The van der Waals surface area contributed by atoms with E-state index in [1.165, 1.54) is 0 Å². The Hall–Kier alpha value is -3.17. The molecule has 0 radical (unpaired) electrons. The highest BCUT2D eigenvalue weighted by molar-refractivity contribution is 14.1. The van der Waals surface area contributed by atoms with E-state index in [9.17, 15) is 9.59 Å². The topological polar surface area (TPSA) is 74.2 Å². The number of aliphatic imine (C=N–C) groups is 1. The zero-order valence-electron chi connectivity index (χ0n) is 18.3. The molecule has 0 spiro atoms. The molecule has 3 aromatic rings. The second-order valence-corrected chi connectivity index (χ2v) is 8.91. The van der Waals surface area contributed by atoms with Crippen molar-refractivity contribution >= 4 is 58.1 Å². The van der Waals surface area contributed by atoms with Crippen LogP contribution in [-0.4, -0.2) is 24.4 Å². The van der Waals surface area contributed by atoms with Gasteiger partial charge in [-0.2, -0.15) is 0 Å². The van der Waals surface area contributed by atoms with Crippen LogP contribution in [0, 0.1) is 10.5 Å². The molecular weight excluding hydrogens is 569 g/mol. The number of rotatable bonds is 6. The molecule has 0 aromatic heterocycles. The summed E-state index contributed by atoms with van der Waals surface area (Å²) < 4.78 is 17.4. The van der Waals surface area contributed by atoms with E-state index in [2.05, 4.69) is 27.6 Å². The first-order valence-corrected chi connectivity index (χ1v) is 11.8. The molecule has 0 N–H and O–H groups in total. The van der Waals surface area contributed by atoms with Crippen LogP contribution in [0.3, 0.4) is 0 Å². The maximum absolute atomic E-state index is 12.7. The summed E-state index contributed by atoms with van der Waals surface area (Å²) in [7, 11) is 0. The van der Waals surface area contributed by atoms with Crippen LogP contribution in [0.1, 0.15) is 34.0 Å². The Morgan fingerprint density at radius 3 is 2.68 bits per heavy atom. The second kappa shape index (κ2) is 10.4. The molecule has 0 aliphatic carbocycles. The van der Waals surface area contributed by atoms with Crippen molar-refractivity contribution in [1.82, 2.24) is 0 Å². The van der Waals surface area contributed by atoms with Crippen LogP contribution >= 0.6 is 34.2 Å². The quantitative estimate of drug-likeness (QED) is 0.148. The molecule has 3 aromatic carbocycles. The lowest BCUT2D eigenvalue weighted by Gasteiger charge is -2.14. The largest absolute Gasteiger partial charge is 0.490 e. The summed E-state index contributed by atoms with van der Waals surface area (Å²) in [6, 6.07) is 17.6. The van der Waals surface area contributed by atoms with Gasteiger partial charge >= 0.3 is 11.9 Å². The molecule has 4 rings (SSSR count). The monoisotopic (exact) mass is 587 g/mol. The molecule has 0 fully saturated rings. The summed E-state index contributed by atoms with van der Waals surface area (Å²) in [6.07, 6.45) is 1.59. The van der Waals surface area contributed by atoms with E-state index in [1.807, 2.05) is 19.9 Å². The molecular formula is C26H19ClINO5. The van der Waals surface area contributed by atoms with E-state index in [-0.39, 0.29) is 11.6 Å². The molecule has 172 valence electrons. The Morgan fingerprint density at radius 2 is 1.94 bits per heavy atom. The van der Waals surface area contributed by atoms with Crippen molar-refractivity contribution in [2.45, 2.75) is 13.8 Å². The van der Waals surface area contributed by atoms with Gasteiger partial charge in [0.1, 0.15) is 0 Å². The normalized spacial score (nSPS) is 14.1. The minimum Gasteiger partial charge on any atom is -0.490 e. The first-order chi connectivity index (χ1) is 16.4. The summed E-state index contributed by atoms with van der Waals surface area (Å²) in [4.78, 5) is 29.4. The molecule has 0 bridgehead atoms. The molecule has 0 atom stereocenters. The lowest BCUT2D eigenvalue weighted by molar-refractivity contribution is -0.129. The summed E-state index contributed by atoms with van der Waals surface area (Å²) in [5, 5.41) is 0.434. The minimum atomic E-state index is -0.585. The van der Waals surface area contributed by atoms with E-state index >= 15 is 0 Å². The number of aryl methyl sites for hydroxylation is 1. The highest BCUT2D eigenvalue weighted by Crippen LogP contribution is 2.36. The third kappa shape index (κ3) is 5.31. The fourth-order valence-corrected chi connectivity index (χ4v) is 4.23. The molecule has 8 heteroatoms. The van der Waals surface area contributed by atoms with Crippen molar-refractivity contribution in [3.63, 3.8) is 0 Å². The maximum atomic E-state index is 12.7. The Bertz CT molecular complexity index is 1350. The molecule has 1 aliphatic heterocycles. The van der Waals surface area contributed by atoms with Gasteiger partial charge in [-0.1, -0.05) is 41.4 Å². The zero-order valence-corrected chi connectivity index (χ0v) is 21.2. The highest BCUT2D eigenvalue weighted by atomic mass is 127. The predicted octanol–water partition coefficient (Wildman–Crippen LogP) is 6.22. The average Bonchev–Trinajstić information content (AvgIpc) is 3.16. The van der Waals surface area contributed by atoms with Gasteiger partial charge in [0.2, 0.25) is 5.90 Å². The van der Waals surface area contributed by atoms with E-state index in [4.69, 9.17) is 25.8 Å². The molecule has 0 unspecified atom stereocenters. The number of esters is 2. The SMILES string of the molecule is CCOc1cc(/C=C2\N=C(c3ccccc3Cl)OC2=O)cc(I)c1OC(=O)c1cccc(C)c1. The maximum Gasteiger partial charge on any atom is 0.363 e. The number of carbonyl (C=O) groups is 2. The van der Waals surface area contributed by atoms with Crippen molar-refractivity contribution in [2.75, 3.05) is 6.61 Å². The van der Waals surface area contributed by atoms with E-state index < -0.39 is 11.9 Å². The number of halogens is 2. The molecule has 0 saturated heterocycles. The predicted molar refractivity (Wildman–Crippen MR) is 139 cm³/mol. The third-order valence-electron chi connectivity index (χ3n) is 4.81. The van der Waals surface area contributed by atoms with Gasteiger partial charge in [0.15, 0.2) is 17.2 Å². The van der Waals surface area contributed by atoms with Gasteiger partial charge in [-0.3, -0.25) is 0 Å². The van der Waals surface area contributed by atoms with Gasteiger partial charge in [-0.15, -0.1) is 0 Å². The van der Waals surface area contributed by atoms with Gasteiger partial charge in [0.05, 0.1) is 26.3 Å². The number of ether oxygens (including phenoxy) is 3. The molecule has 34 heavy (non-hydrogen) atoms. The Balaban J connectivity index is 1.66. The smallest absolute Gasteiger partial charge is 0.363 e. The molecule has 1 heterocycles. The second-order valence-electron chi connectivity index (χ2n) is 7.34. The minimum absolute atomic E-state index is 0.123.